The zero-order valence-electron chi connectivity index (χ0n) is 12.8. The predicted molar refractivity (Wildman–Crippen MR) is 82.2 cm³/mol. The first-order valence-corrected chi connectivity index (χ1v) is 7.69. The highest BCUT2D eigenvalue weighted by Gasteiger charge is 2.22. The van der Waals surface area contributed by atoms with Crippen molar-refractivity contribution in [2.75, 3.05) is 13.2 Å². The zero-order valence-corrected chi connectivity index (χ0v) is 12.8. The molecular formula is C16H20N4O3. The summed E-state index contributed by atoms with van der Waals surface area (Å²) in [6.07, 6.45) is 3.55. The number of aliphatic hydroxyl groups is 2. The topological polar surface area (TPSA) is 91.5 Å². The molecule has 1 amide bonds. The Bertz CT molecular complexity index is 671. The Kier molecular flexibility index (Phi) is 4.68. The first kappa shape index (κ1) is 15.6. The van der Waals surface area contributed by atoms with E-state index in [0.29, 0.717) is 31.7 Å². The van der Waals surface area contributed by atoms with Crippen molar-refractivity contribution in [2.45, 2.75) is 32.0 Å². The summed E-state index contributed by atoms with van der Waals surface area (Å²) in [6, 6.07) is 5.45. The lowest BCUT2D eigenvalue weighted by molar-refractivity contribution is -0.131. The molecule has 23 heavy (non-hydrogen) atoms. The second kappa shape index (κ2) is 6.89. The van der Waals surface area contributed by atoms with Crippen molar-refractivity contribution in [3.63, 3.8) is 0 Å². The van der Waals surface area contributed by atoms with E-state index in [1.165, 1.54) is 0 Å². The number of hydrogen-bond acceptors (Lipinski definition) is 5. The molecule has 3 heterocycles. The van der Waals surface area contributed by atoms with E-state index in [2.05, 4.69) is 10.1 Å². The summed E-state index contributed by atoms with van der Waals surface area (Å²) in [5.74, 6) is 0.0649. The van der Waals surface area contributed by atoms with Crippen LogP contribution >= 0.6 is 0 Å². The Hall–Kier alpha value is -2.25. The van der Waals surface area contributed by atoms with Crippen LogP contribution in [0.2, 0.25) is 0 Å². The molecule has 2 N–H and O–H groups in total. The van der Waals surface area contributed by atoms with Gasteiger partial charge in [-0.2, -0.15) is 5.10 Å². The van der Waals surface area contributed by atoms with Crippen LogP contribution in [0.5, 0.6) is 0 Å². The molecule has 0 unspecified atom stereocenters. The fourth-order valence-electron chi connectivity index (χ4n) is 2.74. The van der Waals surface area contributed by atoms with Crippen molar-refractivity contribution in [1.82, 2.24) is 19.7 Å². The van der Waals surface area contributed by atoms with Gasteiger partial charge in [0.15, 0.2) is 0 Å². The van der Waals surface area contributed by atoms with Crippen molar-refractivity contribution >= 4 is 5.91 Å². The lowest BCUT2D eigenvalue weighted by atomic mass is 10.1. The maximum absolute atomic E-state index is 12.5. The Morgan fingerprint density at radius 1 is 1.30 bits per heavy atom. The van der Waals surface area contributed by atoms with Gasteiger partial charge in [0, 0.05) is 25.5 Å². The van der Waals surface area contributed by atoms with Gasteiger partial charge in [0.2, 0.25) is 5.91 Å². The van der Waals surface area contributed by atoms with Crippen molar-refractivity contribution < 1.29 is 15.0 Å². The highest BCUT2D eigenvalue weighted by atomic mass is 16.3. The molecule has 2 aromatic rings. The largest absolute Gasteiger partial charge is 0.393 e. The average molecular weight is 316 g/mol. The summed E-state index contributed by atoms with van der Waals surface area (Å²) >= 11 is 0. The molecule has 0 aromatic carbocycles. The van der Waals surface area contributed by atoms with Gasteiger partial charge in [-0.3, -0.25) is 14.5 Å². The lowest BCUT2D eigenvalue weighted by Gasteiger charge is -2.20. The number of fused-ring (bicyclic) bond motifs is 1. The van der Waals surface area contributed by atoms with Gasteiger partial charge in [0.1, 0.15) is 6.10 Å². The van der Waals surface area contributed by atoms with Gasteiger partial charge >= 0.3 is 0 Å². The number of hydrogen-bond donors (Lipinski definition) is 2. The molecule has 3 rings (SSSR count). The third-order valence-electron chi connectivity index (χ3n) is 4.00. The molecule has 1 aliphatic heterocycles. The Morgan fingerprint density at radius 2 is 2.09 bits per heavy atom. The Morgan fingerprint density at radius 3 is 2.83 bits per heavy atom. The second-order valence-corrected chi connectivity index (χ2v) is 5.68. The van der Waals surface area contributed by atoms with Crippen molar-refractivity contribution in [3.8, 4) is 0 Å². The number of rotatable bonds is 4. The van der Waals surface area contributed by atoms with Crippen LogP contribution in [-0.2, 0) is 24.3 Å². The first-order chi connectivity index (χ1) is 11.2. The number of aromatic nitrogens is 3. The minimum atomic E-state index is -0.976. The van der Waals surface area contributed by atoms with E-state index in [9.17, 15) is 9.90 Å². The molecule has 7 nitrogen and oxygen atoms in total. The van der Waals surface area contributed by atoms with Crippen LogP contribution in [0, 0.1) is 0 Å². The van der Waals surface area contributed by atoms with Crippen LogP contribution in [0.1, 0.15) is 29.5 Å². The molecule has 122 valence electrons. The van der Waals surface area contributed by atoms with Gasteiger partial charge in [-0.1, -0.05) is 0 Å². The van der Waals surface area contributed by atoms with E-state index in [1.54, 1.807) is 18.5 Å². The maximum atomic E-state index is 12.5. The molecule has 0 aliphatic carbocycles. The van der Waals surface area contributed by atoms with Crippen LogP contribution in [0.3, 0.4) is 0 Å². The number of pyridine rings is 1. The fraction of sp³-hybridized carbons (Fsp3) is 0.438. The van der Waals surface area contributed by atoms with E-state index < -0.39 is 6.10 Å². The monoisotopic (exact) mass is 316 g/mol. The molecule has 1 aliphatic rings. The molecule has 0 radical (unpaired) electrons. The average Bonchev–Trinajstić information content (AvgIpc) is 2.86. The molecule has 0 saturated carbocycles. The smallest absolute Gasteiger partial charge is 0.227 e. The fourth-order valence-corrected chi connectivity index (χ4v) is 2.74. The molecular weight excluding hydrogens is 296 g/mol. The van der Waals surface area contributed by atoms with Gasteiger partial charge < -0.3 is 15.1 Å². The molecule has 7 heteroatoms. The minimum absolute atomic E-state index is 0.0649. The summed E-state index contributed by atoms with van der Waals surface area (Å²) in [4.78, 5) is 18.3. The summed E-state index contributed by atoms with van der Waals surface area (Å²) in [5, 5.41) is 23.1. The third-order valence-corrected chi connectivity index (χ3v) is 4.00. The van der Waals surface area contributed by atoms with Crippen LogP contribution < -0.4 is 0 Å². The molecule has 0 saturated heterocycles. The number of aryl methyl sites for hydroxylation is 1. The summed E-state index contributed by atoms with van der Waals surface area (Å²) in [5.41, 5.74) is 2.28. The van der Waals surface area contributed by atoms with E-state index >= 15 is 0 Å². The maximum Gasteiger partial charge on any atom is 0.227 e. The minimum Gasteiger partial charge on any atom is -0.393 e. The third kappa shape index (κ3) is 3.57. The van der Waals surface area contributed by atoms with E-state index in [1.807, 2.05) is 21.7 Å². The SMILES string of the molecule is O=C(Cc1ccncc1)N1CCCn2nc([C@H](O)CO)cc2C1. The normalized spacial score (nSPS) is 15.8. The number of aliphatic hydroxyl groups excluding tert-OH is 2. The van der Waals surface area contributed by atoms with E-state index in [4.69, 9.17) is 5.11 Å². The Balaban J connectivity index is 1.72. The highest BCUT2D eigenvalue weighted by Crippen LogP contribution is 2.18. The molecule has 1 atom stereocenters. The van der Waals surface area contributed by atoms with Gasteiger partial charge in [0.05, 0.1) is 31.0 Å². The van der Waals surface area contributed by atoms with Gasteiger partial charge in [-0.25, -0.2) is 0 Å². The van der Waals surface area contributed by atoms with Gasteiger partial charge in [0.25, 0.3) is 0 Å². The number of carbonyl (C=O) groups excluding carboxylic acids is 1. The summed E-state index contributed by atoms with van der Waals surface area (Å²) < 4.78 is 1.81. The van der Waals surface area contributed by atoms with E-state index in [-0.39, 0.29) is 12.5 Å². The standard InChI is InChI=1S/C16H20N4O3/c21-11-15(22)14-9-13-10-19(6-1-7-20(13)18-14)16(23)8-12-2-4-17-5-3-12/h2-5,9,15,21-22H,1,6-8,10-11H2/t15-/m1/s1. The molecule has 0 bridgehead atoms. The predicted octanol–water partition coefficient (Wildman–Crippen LogP) is 0.279. The lowest BCUT2D eigenvalue weighted by Crippen LogP contribution is -2.32. The quantitative estimate of drug-likeness (QED) is 0.845. The van der Waals surface area contributed by atoms with Gasteiger partial charge in [-0.05, 0) is 30.2 Å². The van der Waals surface area contributed by atoms with E-state index in [0.717, 1.165) is 17.7 Å². The van der Waals surface area contributed by atoms with Crippen LogP contribution in [0.4, 0.5) is 0 Å². The molecule has 2 aromatic heterocycles. The van der Waals surface area contributed by atoms with Crippen molar-refractivity contribution in [3.05, 3.63) is 47.5 Å². The van der Waals surface area contributed by atoms with Crippen molar-refractivity contribution in [1.29, 1.82) is 0 Å². The highest BCUT2D eigenvalue weighted by molar-refractivity contribution is 5.78. The molecule has 0 fully saturated rings. The number of amides is 1. The van der Waals surface area contributed by atoms with Crippen LogP contribution in [0.25, 0.3) is 0 Å². The number of carbonyl (C=O) groups is 1. The second-order valence-electron chi connectivity index (χ2n) is 5.68. The van der Waals surface area contributed by atoms with Crippen LogP contribution in [-0.4, -0.2) is 48.9 Å². The first-order valence-electron chi connectivity index (χ1n) is 7.69. The number of nitrogens with zero attached hydrogens (tertiary/aromatic N) is 4. The van der Waals surface area contributed by atoms with Crippen LogP contribution in [0.15, 0.2) is 30.6 Å². The van der Waals surface area contributed by atoms with Crippen molar-refractivity contribution in [2.24, 2.45) is 0 Å². The molecule has 0 spiro atoms. The van der Waals surface area contributed by atoms with Gasteiger partial charge in [-0.15, -0.1) is 0 Å². The summed E-state index contributed by atoms with van der Waals surface area (Å²) in [7, 11) is 0. The summed E-state index contributed by atoms with van der Waals surface area (Å²) in [6.45, 7) is 1.49. The Labute approximate surface area is 134 Å². The zero-order chi connectivity index (χ0) is 16.2.